The lowest BCUT2D eigenvalue weighted by molar-refractivity contribution is 0.0899. The Morgan fingerprint density at radius 3 is 2.95 bits per heavy atom. The number of benzene rings is 1. The van der Waals surface area contributed by atoms with Gasteiger partial charge in [-0.15, -0.1) is 12.4 Å². The molecule has 1 aromatic heterocycles. The van der Waals surface area contributed by atoms with Gasteiger partial charge in [-0.1, -0.05) is 11.6 Å². The zero-order chi connectivity index (χ0) is 14.1. The summed E-state index contributed by atoms with van der Waals surface area (Å²) in [6.07, 6.45) is 1.93. The van der Waals surface area contributed by atoms with E-state index in [4.69, 9.17) is 4.42 Å². The summed E-state index contributed by atoms with van der Waals surface area (Å²) >= 11 is 0. The van der Waals surface area contributed by atoms with E-state index in [9.17, 15) is 4.79 Å². The predicted octanol–water partition coefficient (Wildman–Crippen LogP) is 3.03. The fourth-order valence-electron chi connectivity index (χ4n) is 2.79. The largest absolute Gasteiger partial charge is 0.451 e. The lowest BCUT2D eigenvalue weighted by Crippen LogP contribution is -2.46. The van der Waals surface area contributed by atoms with Gasteiger partial charge in [0, 0.05) is 17.5 Å². The Hall–Kier alpha value is -1.52. The van der Waals surface area contributed by atoms with Crippen molar-refractivity contribution < 1.29 is 9.21 Å². The number of hydrogen-bond acceptors (Lipinski definition) is 3. The number of aryl methyl sites for hydroxylation is 1. The summed E-state index contributed by atoms with van der Waals surface area (Å²) in [5.74, 6) is 0.287. The van der Waals surface area contributed by atoms with Crippen molar-refractivity contribution in [3.05, 3.63) is 35.6 Å². The van der Waals surface area contributed by atoms with Gasteiger partial charge in [0.05, 0.1) is 0 Å². The number of fused-ring (bicyclic) bond motifs is 1. The highest BCUT2D eigenvalue weighted by Gasteiger charge is 2.22. The Bertz CT molecular complexity index is 638. The highest BCUT2D eigenvalue weighted by Crippen LogP contribution is 2.21. The summed E-state index contributed by atoms with van der Waals surface area (Å²) in [4.78, 5) is 12.2. The van der Waals surface area contributed by atoms with Crippen LogP contribution in [0.25, 0.3) is 11.0 Å². The first-order valence-electron chi connectivity index (χ1n) is 7.16. The minimum atomic E-state index is -0.113. The van der Waals surface area contributed by atoms with E-state index in [2.05, 4.69) is 17.6 Å². The molecule has 0 spiro atoms. The number of amides is 1. The third-order valence-corrected chi connectivity index (χ3v) is 3.85. The van der Waals surface area contributed by atoms with E-state index in [-0.39, 0.29) is 24.4 Å². The summed E-state index contributed by atoms with van der Waals surface area (Å²) in [6.45, 7) is 5.12. The van der Waals surface area contributed by atoms with Crippen molar-refractivity contribution >= 4 is 29.3 Å². The van der Waals surface area contributed by atoms with Crippen LogP contribution in [0.5, 0.6) is 0 Å². The Morgan fingerprint density at radius 1 is 1.38 bits per heavy atom. The molecular weight excluding hydrogens is 288 g/mol. The first kappa shape index (κ1) is 15.9. The van der Waals surface area contributed by atoms with Gasteiger partial charge in [-0.05, 0) is 51.4 Å². The van der Waals surface area contributed by atoms with Crippen molar-refractivity contribution in [1.29, 1.82) is 0 Å². The van der Waals surface area contributed by atoms with Crippen LogP contribution in [0.2, 0.25) is 0 Å². The average molecular weight is 309 g/mol. The molecule has 1 aliphatic rings. The fraction of sp³-hybridized carbons (Fsp3) is 0.438. The van der Waals surface area contributed by atoms with Crippen molar-refractivity contribution in [3.8, 4) is 0 Å². The number of rotatable bonds is 2. The van der Waals surface area contributed by atoms with E-state index in [1.54, 1.807) is 0 Å². The van der Waals surface area contributed by atoms with Crippen LogP contribution in [0.3, 0.4) is 0 Å². The second kappa shape index (κ2) is 6.50. The molecule has 4 nitrogen and oxygen atoms in total. The SMILES string of the molecule is Cc1ccc2oc(C(=O)NC3CCNC(C)C3)cc2c1.Cl. The van der Waals surface area contributed by atoms with E-state index >= 15 is 0 Å². The quantitative estimate of drug-likeness (QED) is 0.896. The van der Waals surface area contributed by atoms with E-state index in [0.717, 1.165) is 35.9 Å². The zero-order valence-corrected chi connectivity index (χ0v) is 13.1. The first-order valence-corrected chi connectivity index (χ1v) is 7.16. The van der Waals surface area contributed by atoms with Gasteiger partial charge in [-0.2, -0.15) is 0 Å². The van der Waals surface area contributed by atoms with Crippen LogP contribution < -0.4 is 10.6 Å². The summed E-state index contributed by atoms with van der Waals surface area (Å²) < 4.78 is 5.63. The predicted molar refractivity (Wildman–Crippen MR) is 86.2 cm³/mol. The van der Waals surface area contributed by atoms with Crippen LogP contribution in [0.4, 0.5) is 0 Å². The van der Waals surface area contributed by atoms with E-state index in [0.29, 0.717) is 11.8 Å². The molecule has 1 aliphatic heterocycles. The molecule has 0 bridgehead atoms. The van der Waals surface area contributed by atoms with Gasteiger partial charge in [0.2, 0.25) is 0 Å². The van der Waals surface area contributed by atoms with Crippen molar-refractivity contribution in [2.24, 2.45) is 0 Å². The van der Waals surface area contributed by atoms with Gasteiger partial charge in [0.15, 0.2) is 5.76 Å². The van der Waals surface area contributed by atoms with Crippen LogP contribution in [-0.2, 0) is 0 Å². The molecule has 2 heterocycles. The topological polar surface area (TPSA) is 54.3 Å². The van der Waals surface area contributed by atoms with Crippen LogP contribution in [-0.4, -0.2) is 24.5 Å². The Kier molecular flexibility index (Phi) is 4.91. The summed E-state index contributed by atoms with van der Waals surface area (Å²) in [7, 11) is 0. The highest BCUT2D eigenvalue weighted by atomic mass is 35.5. The molecule has 3 rings (SSSR count). The number of hydrogen-bond donors (Lipinski definition) is 2. The molecule has 5 heteroatoms. The summed E-state index contributed by atoms with van der Waals surface area (Å²) in [5.41, 5.74) is 1.93. The Balaban J connectivity index is 0.00000161. The Morgan fingerprint density at radius 2 is 2.19 bits per heavy atom. The van der Waals surface area contributed by atoms with Crippen LogP contribution >= 0.6 is 12.4 Å². The summed E-state index contributed by atoms with van der Waals surface area (Å²) in [6, 6.07) is 8.43. The number of carbonyl (C=O) groups excluding carboxylic acids is 1. The monoisotopic (exact) mass is 308 g/mol. The molecule has 2 aromatic rings. The zero-order valence-electron chi connectivity index (χ0n) is 12.3. The number of halogens is 1. The Labute approximate surface area is 130 Å². The van der Waals surface area contributed by atoms with E-state index < -0.39 is 0 Å². The number of furan rings is 1. The maximum Gasteiger partial charge on any atom is 0.287 e. The van der Waals surface area contributed by atoms with Crippen molar-refractivity contribution in [3.63, 3.8) is 0 Å². The standard InChI is InChI=1S/C16H20N2O2.ClH/c1-10-3-4-14-12(7-10)9-15(20-14)16(19)18-13-5-6-17-11(2)8-13;/h3-4,7,9,11,13,17H,5-6,8H2,1-2H3,(H,18,19);1H. The second-order valence-electron chi connectivity index (χ2n) is 5.70. The minimum absolute atomic E-state index is 0. The lowest BCUT2D eigenvalue weighted by atomic mass is 10.0. The third kappa shape index (κ3) is 3.57. The van der Waals surface area contributed by atoms with Gasteiger partial charge in [-0.3, -0.25) is 4.79 Å². The smallest absolute Gasteiger partial charge is 0.287 e. The molecule has 0 radical (unpaired) electrons. The van der Waals surface area contributed by atoms with Crippen molar-refractivity contribution in [1.82, 2.24) is 10.6 Å². The molecule has 2 N–H and O–H groups in total. The number of nitrogens with one attached hydrogen (secondary N) is 2. The molecule has 1 saturated heterocycles. The first-order chi connectivity index (χ1) is 9.61. The maximum absolute atomic E-state index is 12.2. The van der Waals surface area contributed by atoms with E-state index in [1.165, 1.54) is 0 Å². The van der Waals surface area contributed by atoms with Crippen LogP contribution in [0, 0.1) is 6.92 Å². The molecule has 21 heavy (non-hydrogen) atoms. The molecule has 0 saturated carbocycles. The van der Waals surface area contributed by atoms with Gasteiger partial charge >= 0.3 is 0 Å². The van der Waals surface area contributed by atoms with Crippen LogP contribution in [0.1, 0.15) is 35.9 Å². The minimum Gasteiger partial charge on any atom is -0.451 e. The lowest BCUT2D eigenvalue weighted by Gasteiger charge is -2.28. The normalized spacial score (nSPS) is 21.8. The second-order valence-corrected chi connectivity index (χ2v) is 5.70. The highest BCUT2D eigenvalue weighted by molar-refractivity contribution is 5.96. The van der Waals surface area contributed by atoms with Gasteiger partial charge in [-0.25, -0.2) is 0 Å². The van der Waals surface area contributed by atoms with Gasteiger partial charge < -0.3 is 15.1 Å². The summed E-state index contributed by atoms with van der Waals surface area (Å²) in [5, 5.41) is 7.43. The number of carbonyl (C=O) groups is 1. The third-order valence-electron chi connectivity index (χ3n) is 3.85. The average Bonchev–Trinajstić information content (AvgIpc) is 2.81. The molecular formula is C16H21ClN2O2. The molecule has 0 aliphatic carbocycles. The molecule has 1 amide bonds. The van der Waals surface area contributed by atoms with Crippen molar-refractivity contribution in [2.75, 3.05) is 6.54 Å². The van der Waals surface area contributed by atoms with Gasteiger partial charge in [0.1, 0.15) is 5.58 Å². The molecule has 2 unspecified atom stereocenters. The molecule has 1 fully saturated rings. The molecule has 114 valence electrons. The molecule has 2 atom stereocenters. The number of piperidine rings is 1. The molecule has 1 aromatic carbocycles. The fourth-order valence-corrected chi connectivity index (χ4v) is 2.79. The van der Waals surface area contributed by atoms with Crippen LogP contribution in [0.15, 0.2) is 28.7 Å². The maximum atomic E-state index is 12.2. The van der Waals surface area contributed by atoms with Crippen molar-refractivity contribution in [2.45, 2.75) is 38.8 Å². The van der Waals surface area contributed by atoms with Gasteiger partial charge in [0.25, 0.3) is 5.91 Å². The van der Waals surface area contributed by atoms with E-state index in [1.807, 2.05) is 31.2 Å².